The standard InChI is InChI=1S/C14H26N2O2/c1-9(2)8-11(15-12(17)10(3)4)13(18)16-14(5,6)7/h9,11H,3,8H2,1-2,4-7H3,(H,15,17)(H,16,18)/t11-/m0/s1. The van der Waals surface area contributed by atoms with Gasteiger partial charge in [0, 0.05) is 11.1 Å². The molecule has 0 saturated heterocycles. The molecule has 0 aliphatic carbocycles. The summed E-state index contributed by atoms with van der Waals surface area (Å²) >= 11 is 0. The summed E-state index contributed by atoms with van der Waals surface area (Å²) in [4.78, 5) is 23.7. The second-order valence-corrected chi connectivity index (χ2v) is 6.18. The summed E-state index contributed by atoms with van der Waals surface area (Å²) in [5.41, 5.74) is 0.104. The molecule has 0 unspecified atom stereocenters. The lowest BCUT2D eigenvalue weighted by molar-refractivity contribution is -0.128. The molecule has 4 nitrogen and oxygen atoms in total. The van der Waals surface area contributed by atoms with Crippen LogP contribution in [0.15, 0.2) is 12.2 Å². The first-order valence-corrected chi connectivity index (χ1v) is 6.31. The van der Waals surface area contributed by atoms with Crippen molar-refractivity contribution in [2.24, 2.45) is 5.92 Å². The Balaban J connectivity index is 4.72. The summed E-state index contributed by atoms with van der Waals surface area (Å²) in [5, 5.41) is 5.61. The van der Waals surface area contributed by atoms with Crippen molar-refractivity contribution in [1.82, 2.24) is 10.6 Å². The van der Waals surface area contributed by atoms with Gasteiger partial charge < -0.3 is 10.6 Å². The molecule has 0 saturated carbocycles. The molecular formula is C14H26N2O2. The molecule has 0 heterocycles. The van der Waals surface area contributed by atoms with Crippen molar-refractivity contribution in [1.29, 1.82) is 0 Å². The minimum Gasteiger partial charge on any atom is -0.350 e. The first-order chi connectivity index (χ1) is 8.03. The third-order valence-electron chi connectivity index (χ3n) is 2.21. The van der Waals surface area contributed by atoms with Gasteiger partial charge in [0.15, 0.2) is 0 Å². The van der Waals surface area contributed by atoms with E-state index in [1.54, 1.807) is 6.92 Å². The SMILES string of the molecule is C=C(C)C(=O)N[C@@H](CC(C)C)C(=O)NC(C)(C)C. The number of nitrogens with one attached hydrogen (secondary N) is 2. The van der Waals surface area contributed by atoms with Crippen LogP contribution in [-0.2, 0) is 9.59 Å². The average molecular weight is 254 g/mol. The normalized spacial score (nSPS) is 13.1. The number of rotatable bonds is 5. The monoisotopic (exact) mass is 254 g/mol. The maximum atomic E-state index is 12.1. The number of carbonyl (C=O) groups is 2. The molecule has 2 N–H and O–H groups in total. The smallest absolute Gasteiger partial charge is 0.246 e. The van der Waals surface area contributed by atoms with E-state index in [1.165, 1.54) is 0 Å². The van der Waals surface area contributed by atoms with Gasteiger partial charge in [0.1, 0.15) is 6.04 Å². The van der Waals surface area contributed by atoms with Crippen molar-refractivity contribution in [3.8, 4) is 0 Å². The number of hydrogen-bond donors (Lipinski definition) is 2. The molecule has 1 atom stereocenters. The van der Waals surface area contributed by atoms with E-state index >= 15 is 0 Å². The largest absolute Gasteiger partial charge is 0.350 e. The lowest BCUT2D eigenvalue weighted by Crippen LogP contribution is -2.52. The van der Waals surface area contributed by atoms with Gasteiger partial charge in [-0.05, 0) is 40.0 Å². The third-order valence-corrected chi connectivity index (χ3v) is 2.21. The second kappa shape index (κ2) is 6.57. The molecule has 0 radical (unpaired) electrons. The molecule has 0 aliphatic heterocycles. The fraction of sp³-hybridized carbons (Fsp3) is 0.714. The Bertz CT molecular complexity index is 327. The van der Waals surface area contributed by atoms with Crippen molar-refractivity contribution in [3.63, 3.8) is 0 Å². The molecule has 0 bridgehead atoms. The Morgan fingerprint density at radius 3 is 2.06 bits per heavy atom. The maximum Gasteiger partial charge on any atom is 0.246 e. The molecule has 0 aromatic rings. The molecule has 0 fully saturated rings. The molecule has 0 aliphatic rings. The molecule has 18 heavy (non-hydrogen) atoms. The molecule has 0 spiro atoms. The highest BCUT2D eigenvalue weighted by Gasteiger charge is 2.25. The van der Waals surface area contributed by atoms with Crippen LogP contribution in [0.4, 0.5) is 0 Å². The Morgan fingerprint density at radius 1 is 1.22 bits per heavy atom. The third kappa shape index (κ3) is 7.09. The van der Waals surface area contributed by atoms with Crippen molar-refractivity contribution < 1.29 is 9.59 Å². The highest BCUT2D eigenvalue weighted by atomic mass is 16.2. The van der Waals surface area contributed by atoms with E-state index in [0.29, 0.717) is 17.9 Å². The van der Waals surface area contributed by atoms with E-state index in [4.69, 9.17) is 0 Å². The van der Waals surface area contributed by atoms with Crippen molar-refractivity contribution >= 4 is 11.8 Å². The van der Waals surface area contributed by atoms with Gasteiger partial charge in [-0.3, -0.25) is 9.59 Å². The van der Waals surface area contributed by atoms with Crippen LogP contribution in [0.25, 0.3) is 0 Å². The van der Waals surface area contributed by atoms with Gasteiger partial charge >= 0.3 is 0 Å². The van der Waals surface area contributed by atoms with E-state index in [1.807, 2.05) is 34.6 Å². The van der Waals surface area contributed by atoms with E-state index in [2.05, 4.69) is 17.2 Å². The van der Waals surface area contributed by atoms with Crippen LogP contribution in [0.2, 0.25) is 0 Å². The predicted octanol–water partition coefficient (Wildman–Crippen LogP) is 2.01. The summed E-state index contributed by atoms with van der Waals surface area (Å²) in [6.45, 7) is 15.0. The lowest BCUT2D eigenvalue weighted by Gasteiger charge is -2.26. The molecule has 2 amide bonds. The zero-order valence-corrected chi connectivity index (χ0v) is 12.4. The zero-order valence-electron chi connectivity index (χ0n) is 12.4. The van der Waals surface area contributed by atoms with Gasteiger partial charge in [0.25, 0.3) is 0 Å². The van der Waals surface area contributed by atoms with E-state index in [0.717, 1.165) is 0 Å². The Labute approximate surface area is 110 Å². The summed E-state index contributed by atoms with van der Waals surface area (Å²) in [6.07, 6.45) is 0.612. The summed E-state index contributed by atoms with van der Waals surface area (Å²) < 4.78 is 0. The summed E-state index contributed by atoms with van der Waals surface area (Å²) in [6, 6.07) is -0.506. The highest BCUT2D eigenvalue weighted by molar-refractivity contribution is 5.96. The maximum absolute atomic E-state index is 12.1. The summed E-state index contributed by atoms with van der Waals surface area (Å²) in [5.74, 6) is -0.0957. The predicted molar refractivity (Wildman–Crippen MR) is 74.1 cm³/mol. The van der Waals surface area contributed by atoms with Crippen LogP contribution < -0.4 is 10.6 Å². The van der Waals surface area contributed by atoms with Gasteiger partial charge in [-0.2, -0.15) is 0 Å². The molecule has 0 aromatic carbocycles. The Morgan fingerprint density at radius 2 is 1.72 bits per heavy atom. The van der Waals surface area contributed by atoms with Gasteiger partial charge in [-0.15, -0.1) is 0 Å². The van der Waals surface area contributed by atoms with Crippen LogP contribution >= 0.6 is 0 Å². The minimum absolute atomic E-state index is 0.147. The number of hydrogen-bond acceptors (Lipinski definition) is 2. The minimum atomic E-state index is -0.506. The molecule has 4 heteroatoms. The highest BCUT2D eigenvalue weighted by Crippen LogP contribution is 2.08. The summed E-state index contributed by atoms with van der Waals surface area (Å²) in [7, 11) is 0. The zero-order chi connectivity index (χ0) is 14.5. The topological polar surface area (TPSA) is 58.2 Å². The van der Waals surface area contributed by atoms with Crippen LogP contribution in [0.1, 0.15) is 48.0 Å². The molecular weight excluding hydrogens is 228 g/mol. The number of carbonyl (C=O) groups excluding carboxylic acids is 2. The molecule has 104 valence electrons. The Kier molecular flexibility index (Phi) is 6.09. The van der Waals surface area contributed by atoms with Gasteiger partial charge in [-0.25, -0.2) is 0 Å². The van der Waals surface area contributed by atoms with E-state index in [9.17, 15) is 9.59 Å². The average Bonchev–Trinajstić information content (AvgIpc) is 2.12. The first-order valence-electron chi connectivity index (χ1n) is 6.31. The van der Waals surface area contributed by atoms with E-state index < -0.39 is 6.04 Å². The van der Waals surface area contributed by atoms with Crippen molar-refractivity contribution in [3.05, 3.63) is 12.2 Å². The molecule has 0 aromatic heterocycles. The number of amides is 2. The van der Waals surface area contributed by atoms with Crippen LogP contribution in [-0.4, -0.2) is 23.4 Å². The van der Waals surface area contributed by atoms with Crippen LogP contribution in [0.3, 0.4) is 0 Å². The molecule has 0 rings (SSSR count). The van der Waals surface area contributed by atoms with Gasteiger partial charge in [0.2, 0.25) is 11.8 Å². The fourth-order valence-electron chi connectivity index (χ4n) is 1.44. The van der Waals surface area contributed by atoms with Crippen LogP contribution in [0.5, 0.6) is 0 Å². The quantitative estimate of drug-likeness (QED) is 0.737. The van der Waals surface area contributed by atoms with E-state index in [-0.39, 0.29) is 17.4 Å². The van der Waals surface area contributed by atoms with Gasteiger partial charge in [-0.1, -0.05) is 20.4 Å². The first kappa shape index (κ1) is 16.7. The Hall–Kier alpha value is -1.32. The fourth-order valence-corrected chi connectivity index (χ4v) is 1.44. The van der Waals surface area contributed by atoms with Crippen molar-refractivity contribution in [2.75, 3.05) is 0 Å². The van der Waals surface area contributed by atoms with Gasteiger partial charge in [0.05, 0.1) is 0 Å². The van der Waals surface area contributed by atoms with Crippen molar-refractivity contribution in [2.45, 2.75) is 59.5 Å². The lowest BCUT2D eigenvalue weighted by atomic mass is 10.0. The van der Waals surface area contributed by atoms with Crippen LogP contribution in [0, 0.1) is 5.92 Å². The second-order valence-electron chi connectivity index (χ2n) is 6.18.